The second kappa shape index (κ2) is 5.99. The summed E-state index contributed by atoms with van der Waals surface area (Å²) in [6, 6.07) is 3.54. The lowest BCUT2D eigenvalue weighted by atomic mass is 10.1. The number of hydrogen-bond acceptors (Lipinski definition) is 1. The normalized spacial score (nSPS) is 11.0. The van der Waals surface area contributed by atoms with Gasteiger partial charge in [-0.15, -0.1) is 11.6 Å². The van der Waals surface area contributed by atoms with Crippen LogP contribution in [0.25, 0.3) is 10.9 Å². The first kappa shape index (κ1) is 13.1. The van der Waals surface area contributed by atoms with Crippen LogP contribution < -0.4 is 0 Å². The maximum Gasteiger partial charge on any atom is 0.149 e. The minimum absolute atomic E-state index is 0.300. The van der Waals surface area contributed by atoms with Crippen molar-refractivity contribution in [3.63, 3.8) is 0 Å². The second-order valence-corrected chi connectivity index (χ2v) is 5.66. The minimum Gasteiger partial charge on any atom is -0.237 e. The van der Waals surface area contributed by atoms with Crippen molar-refractivity contribution < 1.29 is 4.39 Å². The van der Waals surface area contributed by atoms with Crippen LogP contribution in [-0.2, 0) is 0 Å². The van der Waals surface area contributed by atoms with Crippen molar-refractivity contribution in [1.29, 1.82) is 0 Å². The summed E-state index contributed by atoms with van der Waals surface area (Å²) in [7, 11) is 0. The Balaban J connectivity index is 2.48. The molecule has 88 valence electrons. The van der Waals surface area contributed by atoms with Crippen molar-refractivity contribution >= 4 is 50.9 Å². The number of nitrogens with zero attached hydrogens (tertiary/aromatic N) is 2. The SMILES string of the molecule is Fc1c(C#CCCCl)ccc2c1cnn2PI. The summed E-state index contributed by atoms with van der Waals surface area (Å²) in [5.74, 6) is 5.78. The van der Waals surface area contributed by atoms with E-state index >= 15 is 0 Å². The highest BCUT2D eigenvalue weighted by atomic mass is 127. The molecular weight excluding hydrogens is 372 g/mol. The third-order valence-electron chi connectivity index (χ3n) is 2.21. The summed E-state index contributed by atoms with van der Waals surface area (Å²) < 4.78 is 15.8. The lowest BCUT2D eigenvalue weighted by Crippen LogP contribution is -1.87. The van der Waals surface area contributed by atoms with Crippen LogP contribution in [0.5, 0.6) is 0 Å². The number of fused-ring (bicyclic) bond motifs is 1. The number of hydrogen-bond donors (Lipinski definition) is 0. The molecule has 0 fully saturated rings. The van der Waals surface area contributed by atoms with Crippen molar-refractivity contribution in [2.24, 2.45) is 0 Å². The van der Waals surface area contributed by atoms with Gasteiger partial charge in [0.25, 0.3) is 0 Å². The van der Waals surface area contributed by atoms with E-state index in [-0.39, 0.29) is 5.82 Å². The molecule has 2 rings (SSSR count). The zero-order chi connectivity index (χ0) is 12.3. The number of alkyl halides is 1. The Kier molecular flexibility index (Phi) is 4.61. The number of rotatable bonds is 2. The molecular formula is C11H8ClFIN2P. The molecule has 1 unspecified atom stereocenters. The van der Waals surface area contributed by atoms with Crippen LogP contribution in [0.15, 0.2) is 18.3 Å². The standard InChI is InChI=1S/C11H8ClFIN2P/c12-6-2-1-3-8-4-5-10-9(11(8)13)7-15-16(10)17-14/h4-5,7,17H,2,6H2. The van der Waals surface area contributed by atoms with Gasteiger partial charge in [0.15, 0.2) is 0 Å². The van der Waals surface area contributed by atoms with Crippen LogP contribution in [-0.4, -0.2) is 15.4 Å². The van der Waals surface area contributed by atoms with Crippen LogP contribution in [0, 0.1) is 17.7 Å². The van der Waals surface area contributed by atoms with Crippen molar-refractivity contribution in [3.05, 3.63) is 29.7 Å². The van der Waals surface area contributed by atoms with E-state index in [4.69, 9.17) is 11.6 Å². The fourth-order valence-electron chi connectivity index (χ4n) is 1.44. The van der Waals surface area contributed by atoms with Crippen LogP contribution >= 0.6 is 40.0 Å². The van der Waals surface area contributed by atoms with Crippen molar-refractivity contribution in [2.45, 2.75) is 6.42 Å². The second-order valence-electron chi connectivity index (χ2n) is 3.24. The molecule has 0 aliphatic carbocycles. The first-order chi connectivity index (χ1) is 8.27. The molecule has 0 saturated carbocycles. The molecule has 1 heterocycles. The van der Waals surface area contributed by atoms with E-state index in [0.717, 1.165) is 5.52 Å². The van der Waals surface area contributed by atoms with Gasteiger partial charge in [0, 0.05) is 12.3 Å². The molecule has 0 amide bonds. The molecule has 1 aromatic carbocycles. The quantitative estimate of drug-likeness (QED) is 0.334. The first-order valence-corrected chi connectivity index (χ1v) is 9.45. The number of aromatic nitrogens is 2. The fourth-order valence-corrected chi connectivity index (χ4v) is 3.07. The van der Waals surface area contributed by atoms with Crippen LogP contribution in [0.4, 0.5) is 4.39 Å². The van der Waals surface area contributed by atoms with Crippen molar-refractivity contribution in [2.75, 3.05) is 5.88 Å². The Labute approximate surface area is 118 Å². The van der Waals surface area contributed by atoms with E-state index in [1.165, 1.54) is 0 Å². The molecule has 2 nitrogen and oxygen atoms in total. The smallest absolute Gasteiger partial charge is 0.149 e. The van der Waals surface area contributed by atoms with Crippen LogP contribution in [0.1, 0.15) is 12.0 Å². The van der Waals surface area contributed by atoms with E-state index in [9.17, 15) is 4.39 Å². The summed E-state index contributed by atoms with van der Waals surface area (Å²) in [6.07, 6.45) is 2.57. The monoisotopic (exact) mass is 380 g/mol. The van der Waals surface area contributed by atoms with Gasteiger partial charge in [-0.25, -0.2) is 8.84 Å². The molecule has 2 aromatic rings. The van der Waals surface area contributed by atoms with Crippen molar-refractivity contribution in [3.8, 4) is 11.8 Å². The van der Waals surface area contributed by atoms with Crippen molar-refractivity contribution in [1.82, 2.24) is 9.55 Å². The van der Waals surface area contributed by atoms with Gasteiger partial charge in [-0.05, 0) is 34.2 Å². The molecule has 0 radical (unpaired) electrons. The predicted molar refractivity (Wildman–Crippen MR) is 79.6 cm³/mol. The van der Waals surface area contributed by atoms with Gasteiger partial charge in [0.1, 0.15) is 5.82 Å². The third-order valence-corrected chi connectivity index (χ3v) is 4.29. The Morgan fingerprint density at radius 1 is 1.53 bits per heavy atom. The average Bonchev–Trinajstić information content (AvgIpc) is 2.76. The summed E-state index contributed by atoms with van der Waals surface area (Å²) >= 11 is 7.72. The maximum absolute atomic E-state index is 14.1. The molecule has 0 bridgehead atoms. The Hall–Kier alpha value is -0.370. The topological polar surface area (TPSA) is 17.8 Å². The molecule has 1 atom stereocenters. The van der Waals surface area contributed by atoms with E-state index in [1.807, 2.05) is 6.07 Å². The largest absolute Gasteiger partial charge is 0.237 e. The lowest BCUT2D eigenvalue weighted by Gasteiger charge is -1.99. The van der Waals surface area contributed by atoms with E-state index in [2.05, 4.69) is 39.0 Å². The van der Waals surface area contributed by atoms with Crippen LogP contribution in [0.2, 0.25) is 0 Å². The van der Waals surface area contributed by atoms with Gasteiger partial charge >= 0.3 is 0 Å². The summed E-state index contributed by atoms with van der Waals surface area (Å²) in [5.41, 5.74) is 1.21. The minimum atomic E-state index is -0.300. The summed E-state index contributed by atoms with van der Waals surface area (Å²) in [6.45, 7) is 0. The number of halogens is 3. The van der Waals surface area contributed by atoms with Gasteiger partial charge in [-0.3, -0.25) is 0 Å². The fraction of sp³-hybridized carbons (Fsp3) is 0.182. The molecule has 17 heavy (non-hydrogen) atoms. The highest BCUT2D eigenvalue weighted by Gasteiger charge is 2.09. The van der Waals surface area contributed by atoms with Gasteiger partial charge in [-0.2, -0.15) is 5.10 Å². The molecule has 6 heteroatoms. The number of benzene rings is 1. The molecule has 0 N–H and O–H groups in total. The zero-order valence-electron chi connectivity index (χ0n) is 8.67. The van der Waals surface area contributed by atoms with Gasteiger partial charge in [0.2, 0.25) is 0 Å². The zero-order valence-corrected chi connectivity index (χ0v) is 12.6. The van der Waals surface area contributed by atoms with E-state index < -0.39 is 0 Å². The summed E-state index contributed by atoms with van der Waals surface area (Å²) in [4.78, 5) is 0. The van der Waals surface area contributed by atoms with E-state index in [1.54, 1.807) is 16.7 Å². The Morgan fingerprint density at radius 2 is 2.35 bits per heavy atom. The molecule has 0 aliphatic heterocycles. The average molecular weight is 381 g/mol. The highest BCUT2D eigenvalue weighted by Crippen LogP contribution is 2.29. The van der Waals surface area contributed by atoms with Gasteiger partial charge < -0.3 is 0 Å². The first-order valence-electron chi connectivity index (χ1n) is 4.85. The summed E-state index contributed by atoms with van der Waals surface area (Å²) in [5, 5.41) is 4.64. The van der Waals surface area contributed by atoms with Gasteiger partial charge in [-0.1, -0.05) is 11.8 Å². The lowest BCUT2D eigenvalue weighted by molar-refractivity contribution is 0.636. The predicted octanol–water partition coefficient (Wildman–Crippen LogP) is 3.95. The Bertz CT molecular complexity index is 603. The third kappa shape index (κ3) is 2.73. The Morgan fingerprint density at radius 3 is 3.06 bits per heavy atom. The molecule has 0 saturated heterocycles. The van der Waals surface area contributed by atoms with Gasteiger partial charge in [0.05, 0.1) is 29.0 Å². The van der Waals surface area contributed by atoms with E-state index in [0.29, 0.717) is 29.6 Å². The highest BCUT2D eigenvalue weighted by molar-refractivity contribution is 14.2. The van der Waals surface area contributed by atoms with Crippen LogP contribution in [0.3, 0.4) is 0 Å². The molecule has 1 aromatic heterocycles. The molecule has 0 aliphatic rings. The molecule has 0 spiro atoms. The maximum atomic E-state index is 14.1.